The second kappa shape index (κ2) is 8.97. The van der Waals surface area contributed by atoms with Crippen molar-refractivity contribution in [3.8, 4) is 16.8 Å². The third-order valence-corrected chi connectivity index (χ3v) is 8.77. The van der Waals surface area contributed by atoms with Crippen LogP contribution in [0, 0.1) is 0 Å². The predicted molar refractivity (Wildman–Crippen MR) is 173 cm³/mol. The maximum Gasteiger partial charge on any atom is 0.0782 e. The van der Waals surface area contributed by atoms with E-state index in [1.54, 1.807) is 0 Å². The Morgan fingerprint density at radius 3 is 2.00 bits per heavy atom. The fourth-order valence-electron chi connectivity index (χ4n) is 6.88. The molecule has 0 fully saturated rings. The van der Waals surface area contributed by atoms with Gasteiger partial charge in [-0.25, -0.2) is 0 Å². The number of hydrogen-bond acceptors (Lipinski definition) is 1. The highest BCUT2D eigenvalue weighted by Crippen LogP contribution is 2.51. The van der Waals surface area contributed by atoms with Gasteiger partial charge in [-0.1, -0.05) is 111 Å². The molecule has 1 aliphatic carbocycles. The molecule has 0 atom stereocenters. The molecule has 8 rings (SSSR count). The smallest absolute Gasteiger partial charge is 0.0782 e. The molecule has 0 amide bonds. The van der Waals surface area contributed by atoms with Crippen molar-refractivity contribution < 1.29 is 0 Å². The van der Waals surface area contributed by atoms with Crippen LogP contribution in [0.15, 0.2) is 146 Å². The van der Waals surface area contributed by atoms with Crippen LogP contribution >= 0.6 is 0 Å². The lowest BCUT2D eigenvalue weighted by molar-refractivity contribution is 0.660. The summed E-state index contributed by atoms with van der Waals surface area (Å²) in [5.41, 5.74) is 12.4. The number of nitrogens with zero attached hydrogens (tertiary/aromatic N) is 2. The minimum atomic E-state index is -0.0260. The van der Waals surface area contributed by atoms with Crippen LogP contribution in [0.1, 0.15) is 25.0 Å². The van der Waals surface area contributed by atoms with Crippen molar-refractivity contribution in [1.29, 1.82) is 0 Å². The first-order chi connectivity index (χ1) is 20.1. The molecular formula is C39H30N2. The predicted octanol–water partition coefficient (Wildman–Crippen LogP) is 10.6. The Balaban J connectivity index is 1.45. The van der Waals surface area contributed by atoms with Crippen LogP contribution in [0.5, 0.6) is 0 Å². The number of anilines is 3. The van der Waals surface area contributed by atoms with Crippen molar-refractivity contribution in [3.05, 3.63) is 157 Å². The second-order valence-corrected chi connectivity index (χ2v) is 11.4. The standard InChI is InChI=1S/C39H30N2/c1-39(2)34-21-11-9-18-30(34)33-26-29(24-25-35(33)39)40(27-14-5-3-6-15-27)37-23-13-20-32-31-19-10-12-22-36(31)41(38(32)37)28-16-7-4-8-17-28/h3-26H,1-2H3. The fourth-order valence-corrected chi connectivity index (χ4v) is 6.88. The first-order valence-electron chi connectivity index (χ1n) is 14.3. The van der Waals surface area contributed by atoms with Gasteiger partial charge in [0, 0.05) is 33.2 Å². The molecule has 2 heteroatoms. The number of rotatable bonds is 4. The van der Waals surface area contributed by atoms with Crippen molar-refractivity contribution in [2.24, 2.45) is 0 Å². The highest BCUT2D eigenvalue weighted by molar-refractivity contribution is 6.14. The third-order valence-electron chi connectivity index (χ3n) is 8.77. The van der Waals surface area contributed by atoms with Crippen molar-refractivity contribution in [3.63, 3.8) is 0 Å². The van der Waals surface area contributed by atoms with E-state index in [-0.39, 0.29) is 5.41 Å². The van der Waals surface area contributed by atoms with E-state index >= 15 is 0 Å². The minimum absolute atomic E-state index is 0.0260. The van der Waals surface area contributed by atoms with Gasteiger partial charge in [-0.3, -0.25) is 0 Å². The Kier molecular flexibility index (Phi) is 5.20. The highest BCUT2D eigenvalue weighted by Gasteiger charge is 2.35. The number of hydrogen-bond donors (Lipinski definition) is 0. The summed E-state index contributed by atoms with van der Waals surface area (Å²) < 4.78 is 2.42. The number of para-hydroxylation sites is 4. The summed E-state index contributed by atoms with van der Waals surface area (Å²) in [6.07, 6.45) is 0. The lowest BCUT2D eigenvalue weighted by Crippen LogP contribution is -2.15. The maximum atomic E-state index is 2.43. The van der Waals surface area contributed by atoms with Gasteiger partial charge in [0.1, 0.15) is 0 Å². The Morgan fingerprint density at radius 2 is 1.17 bits per heavy atom. The summed E-state index contributed by atoms with van der Waals surface area (Å²) in [6, 6.07) is 52.8. The van der Waals surface area contributed by atoms with E-state index in [2.05, 4.69) is 169 Å². The summed E-state index contributed by atoms with van der Waals surface area (Å²) in [5, 5.41) is 2.50. The van der Waals surface area contributed by atoms with Gasteiger partial charge < -0.3 is 9.47 Å². The first-order valence-corrected chi connectivity index (χ1v) is 14.3. The van der Waals surface area contributed by atoms with Gasteiger partial charge in [-0.15, -0.1) is 0 Å². The number of fused-ring (bicyclic) bond motifs is 6. The molecule has 2 nitrogen and oxygen atoms in total. The van der Waals surface area contributed by atoms with Crippen molar-refractivity contribution in [2.75, 3.05) is 4.90 Å². The number of aromatic nitrogens is 1. The summed E-state index contributed by atoms with van der Waals surface area (Å²) in [4.78, 5) is 2.43. The van der Waals surface area contributed by atoms with Crippen LogP contribution in [0.4, 0.5) is 17.1 Å². The van der Waals surface area contributed by atoms with E-state index in [1.807, 2.05) is 0 Å². The van der Waals surface area contributed by atoms with E-state index in [4.69, 9.17) is 0 Å². The molecular weight excluding hydrogens is 496 g/mol. The minimum Gasteiger partial charge on any atom is -0.308 e. The molecule has 6 aromatic carbocycles. The van der Waals surface area contributed by atoms with Gasteiger partial charge in [0.25, 0.3) is 0 Å². The van der Waals surface area contributed by atoms with Crippen molar-refractivity contribution >= 4 is 38.9 Å². The Bertz CT molecular complexity index is 2070. The maximum absolute atomic E-state index is 2.43. The largest absolute Gasteiger partial charge is 0.308 e. The highest BCUT2D eigenvalue weighted by atomic mass is 15.2. The molecule has 196 valence electrons. The molecule has 1 aliphatic rings. The van der Waals surface area contributed by atoms with Gasteiger partial charge in [-0.05, 0) is 70.8 Å². The molecule has 0 spiro atoms. The lowest BCUT2D eigenvalue weighted by Gasteiger charge is -2.28. The quantitative estimate of drug-likeness (QED) is 0.221. The van der Waals surface area contributed by atoms with Crippen LogP contribution in [0.2, 0.25) is 0 Å². The van der Waals surface area contributed by atoms with Crippen molar-refractivity contribution in [2.45, 2.75) is 19.3 Å². The molecule has 1 aromatic heterocycles. The number of benzene rings is 6. The average molecular weight is 527 g/mol. The topological polar surface area (TPSA) is 8.17 Å². The zero-order valence-corrected chi connectivity index (χ0v) is 23.3. The molecule has 0 saturated heterocycles. The van der Waals surface area contributed by atoms with Gasteiger partial charge in [0.15, 0.2) is 0 Å². The Labute approximate surface area is 240 Å². The second-order valence-electron chi connectivity index (χ2n) is 11.4. The van der Waals surface area contributed by atoms with Crippen LogP contribution < -0.4 is 4.90 Å². The zero-order valence-electron chi connectivity index (χ0n) is 23.3. The normalized spacial score (nSPS) is 13.3. The fraction of sp³-hybridized carbons (Fsp3) is 0.0769. The molecule has 0 aliphatic heterocycles. The summed E-state index contributed by atoms with van der Waals surface area (Å²) in [7, 11) is 0. The van der Waals surface area contributed by atoms with Gasteiger partial charge in [0.2, 0.25) is 0 Å². The summed E-state index contributed by atoms with van der Waals surface area (Å²) >= 11 is 0. The molecule has 0 saturated carbocycles. The van der Waals surface area contributed by atoms with E-state index in [0.717, 1.165) is 22.7 Å². The molecule has 7 aromatic rings. The molecule has 41 heavy (non-hydrogen) atoms. The monoisotopic (exact) mass is 526 g/mol. The van der Waals surface area contributed by atoms with Crippen LogP contribution in [-0.2, 0) is 5.41 Å². The van der Waals surface area contributed by atoms with Crippen LogP contribution in [-0.4, -0.2) is 4.57 Å². The molecule has 0 N–H and O–H groups in total. The van der Waals surface area contributed by atoms with Gasteiger partial charge in [0.05, 0.1) is 16.7 Å². The lowest BCUT2D eigenvalue weighted by atomic mass is 9.82. The van der Waals surface area contributed by atoms with Gasteiger partial charge in [-0.2, -0.15) is 0 Å². The zero-order chi connectivity index (χ0) is 27.6. The molecule has 0 radical (unpaired) electrons. The van der Waals surface area contributed by atoms with E-state index in [1.165, 1.54) is 44.1 Å². The van der Waals surface area contributed by atoms with Crippen LogP contribution in [0.3, 0.4) is 0 Å². The average Bonchev–Trinajstić information content (AvgIpc) is 3.48. The van der Waals surface area contributed by atoms with E-state index in [9.17, 15) is 0 Å². The van der Waals surface area contributed by atoms with Crippen LogP contribution in [0.25, 0.3) is 38.6 Å². The first kappa shape index (κ1) is 23.8. The molecule has 0 unspecified atom stereocenters. The molecule has 0 bridgehead atoms. The summed E-state index contributed by atoms with van der Waals surface area (Å²) in [6.45, 7) is 4.68. The van der Waals surface area contributed by atoms with Crippen molar-refractivity contribution in [1.82, 2.24) is 4.57 Å². The Morgan fingerprint density at radius 1 is 0.512 bits per heavy atom. The van der Waals surface area contributed by atoms with Gasteiger partial charge >= 0.3 is 0 Å². The summed E-state index contributed by atoms with van der Waals surface area (Å²) in [5.74, 6) is 0. The SMILES string of the molecule is CC1(C)c2ccccc2-c2cc(N(c3ccccc3)c3cccc4c5ccccc5n(-c5ccccc5)c34)ccc21. The van der Waals surface area contributed by atoms with E-state index in [0.29, 0.717) is 0 Å². The van der Waals surface area contributed by atoms with E-state index < -0.39 is 0 Å². The Hall–Kier alpha value is -5.08. The third kappa shape index (κ3) is 3.50. The molecule has 1 heterocycles.